The van der Waals surface area contributed by atoms with Gasteiger partial charge in [-0.05, 0) is 60.7 Å². The first kappa shape index (κ1) is 20.8. The van der Waals surface area contributed by atoms with E-state index in [9.17, 15) is 9.59 Å². The Balaban J connectivity index is 1.11. The number of ether oxygens (including phenoxy) is 2. The number of fused-ring (bicyclic) bond motifs is 1. The van der Waals surface area contributed by atoms with Gasteiger partial charge < -0.3 is 24.6 Å². The molecule has 2 aromatic rings. The van der Waals surface area contributed by atoms with E-state index in [2.05, 4.69) is 10.3 Å². The van der Waals surface area contributed by atoms with Crippen molar-refractivity contribution in [1.29, 1.82) is 0 Å². The smallest absolute Gasteiger partial charge is 0.322 e. The minimum atomic E-state index is -0.287. The van der Waals surface area contributed by atoms with Crippen LogP contribution in [0, 0.1) is 0 Å². The van der Waals surface area contributed by atoms with E-state index in [0.717, 1.165) is 42.6 Å². The Hall–Kier alpha value is -3.13. The maximum Gasteiger partial charge on any atom is 0.322 e. The molecule has 8 nitrogen and oxygen atoms in total. The molecule has 0 aliphatic carbocycles. The molecule has 2 atom stereocenters. The van der Waals surface area contributed by atoms with E-state index in [1.807, 2.05) is 41.4 Å². The molecule has 3 aliphatic heterocycles. The number of urea groups is 1. The lowest BCUT2D eigenvalue weighted by atomic mass is 10.1. The lowest BCUT2D eigenvalue weighted by molar-refractivity contribution is -0.145. The Kier molecular flexibility index (Phi) is 5.94. The summed E-state index contributed by atoms with van der Waals surface area (Å²) in [6.45, 7) is 3.12. The molecule has 32 heavy (non-hydrogen) atoms. The van der Waals surface area contributed by atoms with Crippen LogP contribution in [0.2, 0.25) is 0 Å². The first-order valence-corrected chi connectivity index (χ1v) is 11.3. The maximum absolute atomic E-state index is 12.6. The highest BCUT2D eigenvalue weighted by molar-refractivity contribution is 5.89. The van der Waals surface area contributed by atoms with Crippen LogP contribution in [0.4, 0.5) is 10.5 Å². The van der Waals surface area contributed by atoms with E-state index in [1.54, 1.807) is 11.1 Å². The zero-order chi connectivity index (χ0) is 21.9. The molecule has 0 spiro atoms. The van der Waals surface area contributed by atoms with Gasteiger partial charge in [-0.2, -0.15) is 0 Å². The lowest BCUT2D eigenvalue weighted by Crippen LogP contribution is -2.41. The van der Waals surface area contributed by atoms with Crippen LogP contribution in [0.1, 0.15) is 36.8 Å². The lowest BCUT2D eigenvalue weighted by Gasteiger charge is -2.26. The summed E-state index contributed by atoms with van der Waals surface area (Å²) >= 11 is 0. The molecule has 2 unspecified atom stereocenters. The first-order chi connectivity index (χ1) is 15.7. The molecular formula is C24H28N4O4. The third kappa shape index (κ3) is 4.55. The van der Waals surface area contributed by atoms with E-state index < -0.39 is 0 Å². The molecule has 3 amide bonds. The summed E-state index contributed by atoms with van der Waals surface area (Å²) in [7, 11) is 0. The molecule has 5 rings (SSSR count). The van der Waals surface area contributed by atoms with Crippen molar-refractivity contribution in [2.75, 3.05) is 25.0 Å². The van der Waals surface area contributed by atoms with Crippen LogP contribution in [0.5, 0.6) is 5.75 Å². The summed E-state index contributed by atoms with van der Waals surface area (Å²) in [6.07, 6.45) is 6.96. The van der Waals surface area contributed by atoms with Gasteiger partial charge in [-0.3, -0.25) is 9.78 Å². The third-order valence-corrected chi connectivity index (χ3v) is 6.33. The number of anilines is 1. The Bertz CT molecular complexity index is 949. The number of nitrogens with zero attached hydrogens (tertiary/aromatic N) is 3. The molecule has 0 radical (unpaired) electrons. The Morgan fingerprint density at radius 3 is 2.66 bits per heavy atom. The van der Waals surface area contributed by atoms with Crippen LogP contribution in [0.15, 0.2) is 42.7 Å². The fourth-order valence-corrected chi connectivity index (χ4v) is 4.54. The number of carbonyl (C=O) groups excluding carboxylic acids is 2. The van der Waals surface area contributed by atoms with E-state index >= 15 is 0 Å². The van der Waals surface area contributed by atoms with Crippen molar-refractivity contribution in [2.45, 2.75) is 51.0 Å². The van der Waals surface area contributed by atoms with Crippen molar-refractivity contribution in [3.05, 3.63) is 53.9 Å². The highest BCUT2D eigenvalue weighted by atomic mass is 16.5. The molecular weight excluding hydrogens is 408 g/mol. The highest BCUT2D eigenvalue weighted by Gasteiger charge is 2.33. The van der Waals surface area contributed by atoms with Crippen LogP contribution < -0.4 is 10.1 Å². The van der Waals surface area contributed by atoms with Crippen LogP contribution in [-0.4, -0.2) is 58.6 Å². The Morgan fingerprint density at radius 2 is 1.88 bits per heavy atom. The Labute approximate surface area is 187 Å². The zero-order valence-electron chi connectivity index (χ0n) is 18.0. The second-order valence-electron chi connectivity index (χ2n) is 8.62. The number of carbonyl (C=O) groups is 2. The molecule has 1 aromatic heterocycles. The van der Waals surface area contributed by atoms with Gasteiger partial charge in [0, 0.05) is 50.7 Å². The van der Waals surface area contributed by atoms with Gasteiger partial charge in [-0.1, -0.05) is 0 Å². The number of pyridine rings is 1. The SMILES string of the molecule is O=C(Nc1ccc(OC2CCN(C(=O)C3CCCCO3)C2)cc1)N1Cc2ccncc2C1. The maximum atomic E-state index is 12.6. The quantitative estimate of drug-likeness (QED) is 0.796. The predicted octanol–water partition coefficient (Wildman–Crippen LogP) is 3.18. The fraction of sp³-hybridized carbons (Fsp3) is 0.458. The number of hydrogen-bond acceptors (Lipinski definition) is 5. The summed E-state index contributed by atoms with van der Waals surface area (Å²) in [4.78, 5) is 33.0. The summed E-state index contributed by atoms with van der Waals surface area (Å²) in [6, 6.07) is 9.20. The number of amides is 3. The largest absolute Gasteiger partial charge is 0.489 e. The molecule has 0 bridgehead atoms. The highest BCUT2D eigenvalue weighted by Crippen LogP contribution is 2.25. The van der Waals surface area contributed by atoms with Gasteiger partial charge in [0.1, 0.15) is 18.0 Å². The molecule has 8 heteroatoms. The molecule has 1 aromatic carbocycles. The van der Waals surface area contributed by atoms with Crippen molar-refractivity contribution in [2.24, 2.45) is 0 Å². The first-order valence-electron chi connectivity index (χ1n) is 11.3. The van der Waals surface area contributed by atoms with Gasteiger partial charge in [-0.25, -0.2) is 4.79 Å². The molecule has 0 saturated carbocycles. The second-order valence-corrected chi connectivity index (χ2v) is 8.62. The van der Waals surface area contributed by atoms with E-state index in [0.29, 0.717) is 38.5 Å². The minimum Gasteiger partial charge on any atom is -0.489 e. The number of aromatic nitrogens is 1. The molecule has 3 aliphatic rings. The average molecular weight is 437 g/mol. The molecule has 2 saturated heterocycles. The average Bonchev–Trinajstić information content (AvgIpc) is 3.48. The van der Waals surface area contributed by atoms with Crippen LogP contribution in [0.3, 0.4) is 0 Å². The number of hydrogen-bond donors (Lipinski definition) is 1. The predicted molar refractivity (Wildman–Crippen MR) is 118 cm³/mol. The number of nitrogens with one attached hydrogen (secondary N) is 1. The minimum absolute atomic E-state index is 0.0281. The van der Waals surface area contributed by atoms with Gasteiger partial charge >= 0.3 is 6.03 Å². The summed E-state index contributed by atoms with van der Waals surface area (Å²) in [5, 5.41) is 2.94. The van der Waals surface area contributed by atoms with E-state index in [1.165, 1.54) is 0 Å². The van der Waals surface area contributed by atoms with Crippen LogP contribution in [0.25, 0.3) is 0 Å². The molecule has 1 N–H and O–H groups in total. The van der Waals surface area contributed by atoms with Gasteiger partial charge in [0.15, 0.2) is 0 Å². The fourth-order valence-electron chi connectivity index (χ4n) is 4.54. The number of rotatable bonds is 4. The van der Waals surface area contributed by atoms with Crippen molar-refractivity contribution < 1.29 is 19.1 Å². The standard InChI is InChI=1S/C24H28N4O4/c29-23(22-3-1-2-12-31-22)27-11-9-21(16-27)32-20-6-4-19(5-7-20)26-24(30)28-14-17-8-10-25-13-18(17)15-28/h4-8,10,13,21-22H,1-3,9,11-12,14-16H2,(H,26,30). The summed E-state index contributed by atoms with van der Waals surface area (Å²) in [5.41, 5.74) is 2.94. The van der Waals surface area contributed by atoms with Crippen LogP contribution in [-0.2, 0) is 22.6 Å². The van der Waals surface area contributed by atoms with Gasteiger partial charge in [0.05, 0.1) is 6.54 Å². The van der Waals surface area contributed by atoms with Crippen molar-refractivity contribution >= 4 is 17.6 Å². The number of likely N-dealkylation sites (tertiary alicyclic amines) is 1. The van der Waals surface area contributed by atoms with Crippen molar-refractivity contribution in [1.82, 2.24) is 14.8 Å². The second kappa shape index (κ2) is 9.16. The zero-order valence-corrected chi connectivity index (χ0v) is 18.0. The van der Waals surface area contributed by atoms with Crippen LogP contribution >= 0.6 is 0 Å². The normalized spacial score (nSPS) is 22.5. The van der Waals surface area contributed by atoms with E-state index in [-0.39, 0.29) is 24.1 Å². The van der Waals surface area contributed by atoms with Crippen molar-refractivity contribution in [3.8, 4) is 5.75 Å². The third-order valence-electron chi connectivity index (χ3n) is 6.33. The summed E-state index contributed by atoms with van der Waals surface area (Å²) < 4.78 is 11.7. The topological polar surface area (TPSA) is 84.0 Å². The summed E-state index contributed by atoms with van der Waals surface area (Å²) in [5.74, 6) is 0.824. The molecule has 4 heterocycles. The monoisotopic (exact) mass is 436 g/mol. The Morgan fingerprint density at radius 1 is 1.03 bits per heavy atom. The van der Waals surface area contributed by atoms with E-state index in [4.69, 9.17) is 9.47 Å². The molecule has 2 fully saturated rings. The van der Waals surface area contributed by atoms with Gasteiger partial charge in [0.25, 0.3) is 5.91 Å². The van der Waals surface area contributed by atoms with Gasteiger partial charge in [0.2, 0.25) is 0 Å². The van der Waals surface area contributed by atoms with Gasteiger partial charge in [-0.15, -0.1) is 0 Å². The number of benzene rings is 1. The molecule has 168 valence electrons. The van der Waals surface area contributed by atoms with Crippen molar-refractivity contribution in [3.63, 3.8) is 0 Å².